The van der Waals surface area contributed by atoms with E-state index in [2.05, 4.69) is 0 Å². The average Bonchev–Trinajstić information content (AvgIpc) is 2.21. The third-order valence-corrected chi connectivity index (χ3v) is 1.89. The maximum absolute atomic E-state index is 11.4. The van der Waals surface area contributed by atoms with E-state index in [1.165, 1.54) is 0 Å². The summed E-state index contributed by atoms with van der Waals surface area (Å²) in [4.78, 5) is 12.3. The van der Waals surface area contributed by atoms with Crippen LogP contribution < -0.4 is 0 Å². The fourth-order valence-electron chi connectivity index (χ4n) is 1.08. The smallest absolute Gasteiger partial charge is 0.230 e. The maximum atomic E-state index is 11.4. The van der Waals surface area contributed by atoms with E-state index in [0.717, 1.165) is 10.5 Å². The molecule has 0 saturated carbocycles. The van der Waals surface area contributed by atoms with Crippen molar-refractivity contribution in [3.63, 3.8) is 0 Å². The van der Waals surface area contributed by atoms with Gasteiger partial charge in [0.1, 0.15) is 13.5 Å². The van der Waals surface area contributed by atoms with Gasteiger partial charge in [0.2, 0.25) is 5.91 Å². The number of nitrogens with zero attached hydrogens (tertiary/aromatic N) is 1. The number of aliphatic hydroxyl groups is 2. The number of amides is 1. The molecule has 0 aliphatic rings. The molecule has 0 heterocycles. The Morgan fingerprint density at radius 1 is 1.14 bits per heavy atom. The second-order valence-corrected chi connectivity index (χ2v) is 2.88. The summed E-state index contributed by atoms with van der Waals surface area (Å²) in [6.45, 7) is -0.912. The number of hydrogen-bond acceptors (Lipinski definition) is 3. The standard InChI is InChI=1S/C10H13NO3/c12-7-11(8-13)10(14)6-9-4-2-1-3-5-9/h1-5,12-13H,6-8H2. The highest BCUT2D eigenvalue weighted by atomic mass is 16.3. The van der Waals surface area contributed by atoms with Crippen LogP contribution in [0.4, 0.5) is 0 Å². The van der Waals surface area contributed by atoms with Crippen molar-refractivity contribution in [2.75, 3.05) is 13.5 Å². The molecule has 1 aromatic carbocycles. The molecule has 0 unspecified atom stereocenters. The van der Waals surface area contributed by atoms with E-state index in [-0.39, 0.29) is 12.3 Å². The molecule has 2 N–H and O–H groups in total. The first kappa shape index (κ1) is 10.7. The summed E-state index contributed by atoms with van der Waals surface area (Å²) in [5, 5.41) is 17.4. The molecule has 1 aromatic rings. The first-order chi connectivity index (χ1) is 6.77. The van der Waals surface area contributed by atoms with Gasteiger partial charge in [-0.25, -0.2) is 0 Å². The molecule has 4 heteroatoms. The van der Waals surface area contributed by atoms with Crippen LogP contribution in [0.15, 0.2) is 30.3 Å². The number of rotatable bonds is 4. The minimum Gasteiger partial charge on any atom is -0.376 e. The Bertz CT molecular complexity index is 283. The van der Waals surface area contributed by atoms with Gasteiger partial charge in [-0.1, -0.05) is 30.3 Å². The lowest BCUT2D eigenvalue weighted by Gasteiger charge is -2.16. The molecular weight excluding hydrogens is 182 g/mol. The molecule has 0 aliphatic heterocycles. The second-order valence-electron chi connectivity index (χ2n) is 2.88. The van der Waals surface area contributed by atoms with Crippen molar-refractivity contribution in [3.8, 4) is 0 Å². The lowest BCUT2D eigenvalue weighted by atomic mass is 10.1. The van der Waals surface area contributed by atoms with Gasteiger partial charge in [-0.2, -0.15) is 0 Å². The first-order valence-corrected chi connectivity index (χ1v) is 4.31. The van der Waals surface area contributed by atoms with Crippen LogP contribution in [0.3, 0.4) is 0 Å². The summed E-state index contributed by atoms with van der Waals surface area (Å²) in [5.74, 6) is -0.291. The maximum Gasteiger partial charge on any atom is 0.230 e. The lowest BCUT2D eigenvalue weighted by molar-refractivity contribution is -0.138. The zero-order valence-corrected chi connectivity index (χ0v) is 7.76. The molecule has 0 spiro atoms. The molecular formula is C10H13NO3. The molecule has 0 aromatic heterocycles. The summed E-state index contributed by atoms with van der Waals surface area (Å²) in [6.07, 6.45) is 0.196. The van der Waals surface area contributed by atoms with Gasteiger partial charge in [-0.3, -0.25) is 9.69 Å². The summed E-state index contributed by atoms with van der Waals surface area (Å²) < 4.78 is 0. The third kappa shape index (κ3) is 2.83. The monoisotopic (exact) mass is 195 g/mol. The Labute approximate surface area is 82.4 Å². The molecule has 14 heavy (non-hydrogen) atoms. The van der Waals surface area contributed by atoms with E-state index in [1.54, 1.807) is 0 Å². The van der Waals surface area contributed by atoms with Crippen molar-refractivity contribution in [1.29, 1.82) is 0 Å². The van der Waals surface area contributed by atoms with Crippen LogP contribution in [0, 0.1) is 0 Å². The zero-order chi connectivity index (χ0) is 10.4. The fraction of sp³-hybridized carbons (Fsp3) is 0.300. The van der Waals surface area contributed by atoms with Crippen LogP contribution in [0.1, 0.15) is 5.56 Å². The Morgan fingerprint density at radius 3 is 2.21 bits per heavy atom. The Hall–Kier alpha value is -1.39. The SMILES string of the molecule is O=C(Cc1ccccc1)N(CO)CO. The van der Waals surface area contributed by atoms with Gasteiger partial charge in [0.05, 0.1) is 6.42 Å². The van der Waals surface area contributed by atoms with Crippen LogP contribution in [-0.2, 0) is 11.2 Å². The van der Waals surface area contributed by atoms with Gasteiger partial charge < -0.3 is 10.2 Å². The fourth-order valence-corrected chi connectivity index (χ4v) is 1.08. The number of benzene rings is 1. The molecule has 76 valence electrons. The van der Waals surface area contributed by atoms with Crippen LogP contribution in [-0.4, -0.2) is 34.5 Å². The molecule has 4 nitrogen and oxygen atoms in total. The van der Waals surface area contributed by atoms with Gasteiger partial charge in [0, 0.05) is 0 Å². The van der Waals surface area contributed by atoms with Crippen LogP contribution in [0.2, 0.25) is 0 Å². The van der Waals surface area contributed by atoms with Crippen LogP contribution in [0.25, 0.3) is 0 Å². The average molecular weight is 195 g/mol. The van der Waals surface area contributed by atoms with Crippen molar-refractivity contribution in [3.05, 3.63) is 35.9 Å². The van der Waals surface area contributed by atoms with Crippen molar-refractivity contribution < 1.29 is 15.0 Å². The Balaban J connectivity index is 2.57. The highest BCUT2D eigenvalue weighted by Gasteiger charge is 2.10. The van der Waals surface area contributed by atoms with Crippen molar-refractivity contribution in [2.24, 2.45) is 0 Å². The normalized spacial score (nSPS) is 9.86. The highest BCUT2D eigenvalue weighted by molar-refractivity contribution is 5.78. The van der Waals surface area contributed by atoms with Gasteiger partial charge in [-0.15, -0.1) is 0 Å². The van der Waals surface area contributed by atoms with E-state index in [9.17, 15) is 4.79 Å². The van der Waals surface area contributed by atoms with Gasteiger partial charge in [-0.05, 0) is 5.56 Å². The summed E-state index contributed by atoms with van der Waals surface area (Å²) >= 11 is 0. The number of carbonyl (C=O) groups excluding carboxylic acids is 1. The predicted octanol–water partition coefficient (Wildman–Crippen LogP) is -0.0427. The predicted molar refractivity (Wildman–Crippen MR) is 51.2 cm³/mol. The van der Waals surface area contributed by atoms with Crippen molar-refractivity contribution in [2.45, 2.75) is 6.42 Å². The first-order valence-electron chi connectivity index (χ1n) is 4.31. The lowest BCUT2D eigenvalue weighted by Crippen LogP contribution is -2.33. The molecule has 0 aliphatic carbocycles. The number of hydrogen-bond donors (Lipinski definition) is 2. The Kier molecular flexibility index (Phi) is 4.10. The molecule has 1 amide bonds. The third-order valence-electron chi connectivity index (χ3n) is 1.89. The number of aliphatic hydroxyl groups excluding tert-OH is 2. The Morgan fingerprint density at radius 2 is 1.71 bits per heavy atom. The molecule has 0 saturated heterocycles. The van der Waals surface area contributed by atoms with E-state index in [1.807, 2.05) is 30.3 Å². The quantitative estimate of drug-likeness (QED) is 0.662. The second kappa shape index (κ2) is 5.36. The zero-order valence-electron chi connectivity index (χ0n) is 7.76. The van der Waals surface area contributed by atoms with E-state index < -0.39 is 13.5 Å². The number of carbonyl (C=O) groups is 1. The van der Waals surface area contributed by atoms with Crippen molar-refractivity contribution >= 4 is 5.91 Å². The summed E-state index contributed by atoms with van der Waals surface area (Å²) in [5.41, 5.74) is 0.865. The van der Waals surface area contributed by atoms with Crippen molar-refractivity contribution in [1.82, 2.24) is 4.90 Å². The minimum absolute atomic E-state index is 0.196. The largest absolute Gasteiger partial charge is 0.376 e. The topological polar surface area (TPSA) is 60.8 Å². The van der Waals surface area contributed by atoms with Crippen LogP contribution in [0.5, 0.6) is 0 Å². The molecule has 0 bridgehead atoms. The molecule has 0 fully saturated rings. The van der Waals surface area contributed by atoms with Gasteiger partial charge in [0.25, 0.3) is 0 Å². The van der Waals surface area contributed by atoms with Crippen LogP contribution >= 0.6 is 0 Å². The molecule has 0 atom stereocenters. The summed E-state index contributed by atoms with van der Waals surface area (Å²) in [7, 11) is 0. The van der Waals surface area contributed by atoms with E-state index in [0.29, 0.717) is 0 Å². The highest BCUT2D eigenvalue weighted by Crippen LogP contribution is 2.01. The van der Waals surface area contributed by atoms with E-state index in [4.69, 9.17) is 10.2 Å². The minimum atomic E-state index is -0.456. The van der Waals surface area contributed by atoms with Gasteiger partial charge in [0.15, 0.2) is 0 Å². The van der Waals surface area contributed by atoms with E-state index >= 15 is 0 Å². The molecule has 0 radical (unpaired) electrons. The van der Waals surface area contributed by atoms with Gasteiger partial charge >= 0.3 is 0 Å². The molecule has 1 rings (SSSR count). The summed E-state index contributed by atoms with van der Waals surface area (Å²) in [6, 6.07) is 9.19.